The van der Waals surface area contributed by atoms with Gasteiger partial charge in [0, 0.05) is 12.2 Å². The topological polar surface area (TPSA) is 70.7 Å². The minimum Gasteiger partial charge on any atom is -0.495 e. The first kappa shape index (κ1) is 21.1. The number of ether oxygens (including phenoxy) is 2. The molecule has 31 heavy (non-hydrogen) atoms. The molecule has 8 heteroatoms. The smallest absolute Gasteiger partial charge is 0.325 e. The predicted molar refractivity (Wildman–Crippen MR) is 120 cm³/mol. The number of benzene rings is 2. The number of hydrogen-bond donors (Lipinski definition) is 1. The van der Waals surface area contributed by atoms with Gasteiger partial charge < -0.3 is 14.4 Å². The van der Waals surface area contributed by atoms with Crippen LogP contribution >= 0.6 is 11.6 Å². The molecule has 2 heterocycles. The van der Waals surface area contributed by atoms with Crippen molar-refractivity contribution in [1.82, 2.24) is 15.1 Å². The van der Waals surface area contributed by atoms with Crippen molar-refractivity contribution in [2.45, 2.75) is 26.4 Å². The number of urea groups is 1. The Hall–Kier alpha value is -3.19. The largest absolute Gasteiger partial charge is 0.495 e. The molecule has 2 amide bonds. The molecule has 3 aromatic rings. The number of aromatic amines is 1. The number of aromatic nitrogens is 2. The van der Waals surface area contributed by atoms with E-state index in [0.29, 0.717) is 42.7 Å². The summed E-state index contributed by atoms with van der Waals surface area (Å²) in [6.07, 6.45) is 2.61. The van der Waals surface area contributed by atoms with E-state index in [2.05, 4.69) is 10.2 Å². The van der Waals surface area contributed by atoms with E-state index in [4.69, 9.17) is 21.1 Å². The van der Waals surface area contributed by atoms with E-state index in [1.165, 1.54) is 0 Å². The Bertz CT molecular complexity index is 1050. The standard InChI is InChI=1S/C23H25ClN4O3/c1-3-31-19-7-4-16(5-8-19)14-28(18-6-9-22(30-2)20(24)12-18)23(29)27-11-10-17-13-25-26-21(17)15-27/h4-9,12-13H,3,10-11,14-15H2,1-2H3,(H,25,26). The molecule has 0 spiro atoms. The highest BCUT2D eigenvalue weighted by Gasteiger charge is 2.27. The number of halogens is 1. The van der Waals surface area contributed by atoms with E-state index in [1.54, 1.807) is 24.1 Å². The van der Waals surface area contributed by atoms with E-state index in [1.807, 2.05) is 48.4 Å². The Balaban J connectivity index is 1.62. The quantitative estimate of drug-likeness (QED) is 0.605. The Morgan fingerprint density at radius 1 is 1.26 bits per heavy atom. The summed E-state index contributed by atoms with van der Waals surface area (Å²) in [5, 5.41) is 7.56. The van der Waals surface area contributed by atoms with E-state index in [0.717, 1.165) is 29.0 Å². The summed E-state index contributed by atoms with van der Waals surface area (Å²) < 4.78 is 10.8. The Labute approximate surface area is 186 Å². The molecule has 1 aliphatic heterocycles. The molecule has 0 fully saturated rings. The van der Waals surface area contributed by atoms with Crippen molar-refractivity contribution in [2.75, 3.05) is 25.2 Å². The van der Waals surface area contributed by atoms with Crippen molar-refractivity contribution >= 4 is 23.3 Å². The third-order valence-corrected chi connectivity index (χ3v) is 5.63. The van der Waals surface area contributed by atoms with Crippen LogP contribution in [0.5, 0.6) is 11.5 Å². The van der Waals surface area contributed by atoms with Gasteiger partial charge in [0.1, 0.15) is 11.5 Å². The fourth-order valence-corrected chi connectivity index (χ4v) is 3.93. The van der Waals surface area contributed by atoms with Crippen molar-refractivity contribution in [2.24, 2.45) is 0 Å². The maximum absolute atomic E-state index is 13.6. The maximum Gasteiger partial charge on any atom is 0.325 e. The molecule has 162 valence electrons. The number of nitrogens with one attached hydrogen (secondary N) is 1. The highest BCUT2D eigenvalue weighted by Crippen LogP contribution is 2.31. The van der Waals surface area contributed by atoms with Gasteiger partial charge in [-0.25, -0.2) is 4.79 Å². The number of rotatable bonds is 6. The van der Waals surface area contributed by atoms with Crippen LogP contribution in [0.3, 0.4) is 0 Å². The average Bonchev–Trinajstić information content (AvgIpc) is 3.26. The van der Waals surface area contributed by atoms with Crippen LogP contribution in [0, 0.1) is 0 Å². The number of anilines is 1. The van der Waals surface area contributed by atoms with Gasteiger partial charge in [-0.15, -0.1) is 0 Å². The van der Waals surface area contributed by atoms with Crippen LogP contribution in [0.25, 0.3) is 0 Å². The monoisotopic (exact) mass is 440 g/mol. The lowest BCUT2D eigenvalue weighted by Gasteiger charge is -2.33. The number of amides is 2. The zero-order valence-electron chi connectivity index (χ0n) is 17.6. The zero-order chi connectivity index (χ0) is 21.8. The number of fused-ring (bicyclic) bond motifs is 1. The van der Waals surface area contributed by atoms with Gasteiger partial charge in [0.15, 0.2) is 0 Å². The summed E-state index contributed by atoms with van der Waals surface area (Å²) in [6.45, 7) is 4.09. The molecule has 0 atom stereocenters. The second-order valence-corrected chi connectivity index (χ2v) is 7.72. The minimum atomic E-state index is -0.0876. The zero-order valence-corrected chi connectivity index (χ0v) is 18.4. The third kappa shape index (κ3) is 4.61. The van der Waals surface area contributed by atoms with E-state index in [-0.39, 0.29) is 6.03 Å². The lowest BCUT2D eigenvalue weighted by molar-refractivity contribution is 0.198. The number of nitrogens with zero attached hydrogens (tertiary/aromatic N) is 3. The molecule has 0 unspecified atom stereocenters. The van der Waals surface area contributed by atoms with Crippen molar-refractivity contribution in [3.05, 3.63) is 70.5 Å². The van der Waals surface area contributed by atoms with E-state index < -0.39 is 0 Å². The molecule has 2 aromatic carbocycles. The first-order chi connectivity index (χ1) is 15.1. The number of H-pyrrole nitrogens is 1. The van der Waals surface area contributed by atoms with Crippen molar-refractivity contribution < 1.29 is 14.3 Å². The second-order valence-electron chi connectivity index (χ2n) is 7.31. The molecule has 1 aliphatic rings. The average molecular weight is 441 g/mol. The second kappa shape index (κ2) is 9.31. The van der Waals surface area contributed by atoms with Gasteiger partial charge in [-0.3, -0.25) is 10.00 Å². The summed E-state index contributed by atoms with van der Waals surface area (Å²) in [6, 6.07) is 13.1. The SMILES string of the molecule is CCOc1ccc(CN(C(=O)N2CCc3cn[nH]c3C2)c2ccc(OC)c(Cl)c2)cc1. The van der Waals surface area contributed by atoms with Crippen molar-refractivity contribution in [3.63, 3.8) is 0 Å². The maximum atomic E-state index is 13.6. The van der Waals surface area contributed by atoms with Crippen molar-refractivity contribution in [3.8, 4) is 11.5 Å². The minimum absolute atomic E-state index is 0.0876. The lowest BCUT2D eigenvalue weighted by atomic mass is 10.1. The first-order valence-electron chi connectivity index (χ1n) is 10.2. The Morgan fingerprint density at radius 2 is 2.06 bits per heavy atom. The fraction of sp³-hybridized carbons (Fsp3) is 0.304. The molecule has 0 saturated heterocycles. The number of hydrogen-bond acceptors (Lipinski definition) is 4. The van der Waals surface area contributed by atoms with E-state index >= 15 is 0 Å². The Morgan fingerprint density at radius 3 is 2.77 bits per heavy atom. The van der Waals surface area contributed by atoms with E-state index in [9.17, 15) is 4.79 Å². The summed E-state index contributed by atoms with van der Waals surface area (Å²) in [7, 11) is 1.57. The Kier molecular flexibility index (Phi) is 6.32. The van der Waals surface area contributed by atoms with Gasteiger partial charge in [0.2, 0.25) is 0 Å². The summed E-state index contributed by atoms with van der Waals surface area (Å²) in [4.78, 5) is 17.2. The van der Waals surface area contributed by atoms with Gasteiger partial charge in [0.05, 0.1) is 43.7 Å². The first-order valence-corrected chi connectivity index (χ1v) is 10.6. The van der Waals surface area contributed by atoms with Gasteiger partial charge in [-0.05, 0) is 54.8 Å². The molecule has 7 nitrogen and oxygen atoms in total. The summed E-state index contributed by atoms with van der Waals surface area (Å²) >= 11 is 6.37. The number of carbonyl (C=O) groups excluding carboxylic acids is 1. The fourth-order valence-electron chi connectivity index (χ4n) is 3.68. The molecular formula is C23H25ClN4O3. The van der Waals surface area contributed by atoms with Crippen LogP contribution in [-0.2, 0) is 19.5 Å². The van der Waals surface area contributed by atoms with Gasteiger partial charge in [-0.2, -0.15) is 5.10 Å². The van der Waals surface area contributed by atoms with Crippen LogP contribution < -0.4 is 14.4 Å². The highest BCUT2D eigenvalue weighted by atomic mass is 35.5. The third-order valence-electron chi connectivity index (χ3n) is 5.33. The lowest BCUT2D eigenvalue weighted by Crippen LogP contribution is -2.45. The van der Waals surface area contributed by atoms with Gasteiger partial charge in [-0.1, -0.05) is 23.7 Å². The van der Waals surface area contributed by atoms with Crippen LogP contribution in [0.2, 0.25) is 5.02 Å². The number of carbonyl (C=O) groups is 1. The normalized spacial score (nSPS) is 12.9. The van der Waals surface area contributed by atoms with Crippen molar-refractivity contribution in [1.29, 1.82) is 0 Å². The molecule has 0 radical (unpaired) electrons. The molecule has 4 rings (SSSR count). The van der Waals surface area contributed by atoms with Crippen LogP contribution in [0.1, 0.15) is 23.7 Å². The van der Waals surface area contributed by atoms with Gasteiger partial charge in [0.25, 0.3) is 0 Å². The molecule has 0 bridgehead atoms. The molecule has 0 aliphatic carbocycles. The molecule has 1 N–H and O–H groups in total. The number of methoxy groups -OCH3 is 1. The van der Waals surface area contributed by atoms with Crippen LogP contribution in [0.4, 0.5) is 10.5 Å². The molecular weight excluding hydrogens is 416 g/mol. The summed E-state index contributed by atoms with van der Waals surface area (Å²) in [5.74, 6) is 1.37. The molecule has 1 aromatic heterocycles. The highest BCUT2D eigenvalue weighted by molar-refractivity contribution is 6.32. The predicted octanol–water partition coefficient (Wildman–Crippen LogP) is 4.66. The van der Waals surface area contributed by atoms with Crippen LogP contribution in [0.15, 0.2) is 48.7 Å². The molecule has 0 saturated carbocycles. The van der Waals surface area contributed by atoms with Gasteiger partial charge >= 0.3 is 6.03 Å². The van der Waals surface area contributed by atoms with Crippen LogP contribution in [-0.4, -0.2) is 41.4 Å². The summed E-state index contributed by atoms with van der Waals surface area (Å²) in [5.41, 5.74) is 3.84.